The van der Waals surface area contributed by atoms with Gasteiger partial charge < -0.3 is 13.7 Å². The number of anilines is 3. The van der Waals surface area contributed by atoms with E-state index < -0.39 is 0 Å². The molecule has 0 unspecified atom stereocenters. The van der Waals surface area contributed by atoms with Gasteiger partial charge in [0.25, 0.3) is 0 Å². The first-order chi connectivity index (χ1) is 47.1. The second-order valence-electron chi connectivity index (χ2n) is 32.4. The summed E-state index contributed by atoms with van der Waals surface area (Å²) in [4.78, 5) is 2.65. The second-order valence-corrected chi connectivity index (χ2v) is 32.4. The standard InChI is InChI=1S/C94H107NO2/c1-12-16-20-24-34-54-93(55-35-25-21-17-13-2)73-41-31-28-38-67(73)84-85-70-40-30-33-43-80(70)97-89(85)86-68-51-49-65(59-78(68)94(88(86)87(84)93,56-36-26-22-18-14-3)57-37-27-23-19-15-4)95(63-46-44-62(45-47-63)90(5,6)7)64-48-50-66-71-60-77-72(61-76(71)92(10,11)75(66)58-64)82-74(91(77,8)9)52-53-81-83(82)69-39-29-32-42-79(69)96-81/h28-33,38-53,58-61H,12-27,34-37,54-57H2,1-11H3. The fourth-order valence-electron chi connectivity index (χ4n) is 19.5. The molecule has 0 atom stereocenters. The van der Waals surface area contributed by atoms with Crippen LogP contribution in [0.15, 0.2) is 167 Å². The summed E-state index contributed by atoms with van der Waals surface area (Å²) in [5.74, 6) is 0. The predicted molar refractivity (Wildman–Crippen MR) is 415 cm³/mol. The lowest BCUT2D eigenvalue weighted by molar-refractivity contribution is 0.369. The molecule has 2 aromatic heterocycles. The van der Waals surface area contributed by atoms with Gasteiger partial charge in [-0.15, -0.1) is 0 Å². The highest BCUT2D eigenvalue weighted by Gasteiger charge is 2.54. The minimum Gasteiger partial charge on any atom is -0.456 e. The van der Waals surface area contributed by atoms with E-state index in [0.717, 1.165) is 35.2 Å². The van der Waals surface area contributed by atoms with E-state index in [-0.39, 0.29) is 27.1 Å². The quantitative estimate of drug-likeness (QED) is 0.0481. The van der Waals surface area contributed by atoms with E-state index in [1.54, 1.807) is 16.7 Å². The fraction of sp³-hybridized carbons (Fsp3) is 0.426. The summed E-state index contributed by atoms with van der Waals surface area (Å²) in [6.45, 7) is 26.4. The topological polar surface area (TPSA) is 29.5 Å². The molecule has 11 aromatic rings. The van der Waals surface area contributed by atoms with Gasteiger partial charge in [-0.2, -0.15) is 0 Å². The van der Waals surface area contributed by atoms with Crippen LogP contribution in [0.1, 0.15) is 280 Å². The Balaban J connectivity index is 0.958. The number of nitrogens with zero attached hydrogens (tertiary/aromatic N) is 1. The van der Waals surface area contributed by atoms with Gasteiger partial charge in [0.2, 0.25) is 0 Å². The SMILES string of the molecule is CCCCCCCC1(CCCCCCC)c2cc(N(c3ccc(C(C)(C)C)cc3)c3ccc4c(c3)C(C)(C)c3cc5c(cc3-4)C(C)(C)c3ccc4oc6ccccc6c4c3-5)ccc2-c2c1c1c(c3c2oc2ccccc23)-c2ccccc2C1(CCCCCCC)CCCCCCC. The van der Waals surface area contributed by atoms with E-state index in [1.165, 1.54) is 258 Å². The second kappa shape index (κ2) is 25.9. The first-order valence-electron chi connectivity index (χ1n) is 38.6. The summed E-state index contributed by atoms with van der Waals surface area (Å²) < 4.78 is 14.2. The summed E-state index contributed by atoms with van der Waals surface area (Å²) in [7, 11) is 0. The average Bonchev–Trinajstić information content (AvgIpc) is 1.50. The molecule has 0 N–H and O–H groups in total. The molecule has 97 heavy (non-hydrogen) atoms. The lowest BCUT2D eigenvalue weighted by atomic mass is 9.62. The van der Waals surface area contributed by atoms with Crippen LogP contribution in [-0.2, 0) is 27.1 Å². The Hall–Kier alpha value is -7.62. The van der Waals surface area contributed by atoms with Gasteiger partial charge in [-0.25, -0.2) is 0 Å². The number of benzene rings is 9. The fourth-order valence-corrected chi connectivity index (χ4v) is 19.5. The number of para-hydroxylation sites is 2. The molecule has 4 aliphatic rings. The smallest absolute Gasteiger partial charge is 0.144 e. The van der Waals surface area contributed by atoms with Crippen molar-refractivity contribution in [1.29, 1.82) is 0 Å². The van der Waals surface area contributed by atoms with Crippen LogP contribution in [0.25, 0.3) is 88.4 Å². The zero-order chi connectivity index (χ0) is 67.0. The molecule has 0 saturated carbocycles. The van der Waals surface area contributed by atoms with Crippen LogP contribution in [0.3, 0.4) is 0 Å². The Kier molecular flexibility index (Phi) is 17.4. The van der Waals surface area contributed by atoms with Crippen molar-refractivity contribution >= 4 is 60.9 Å². The van der Waals surface area contributed by atoms with Crippen LogP contribution >= 0.6 is 0 Å². The van der Waals surface area contributed by atoms with Crippen molar-refractivity contribution in [2.45, 2.75) is 257 Å². The molecule has 3 nitrogen and oxygen atoms in total. The molecule has 0 radical (unpaired) electrons. The van der Waals surface area contributed by atoms with Gasteiger partial charge >= 0.3 is 0 Å². The van der Waals surface area contributed by atoms with Crippen molar-refractivity contribution in [1.82, 2.24) is 0 Å². The van der Waals surface area contributed by atoms with Crippen LogP contribution < -0.4 is 4.90 Å². The summed E-state index contributed by atoms with van der Waals surface area (Å²) in [5, 5.41) is 5.04. The maximum atomic E-state index is 7.64. The number of fused-ring (bicyclic) bond motifs is 22. The molecule has 15 rings (SSSR count). The molecule has 0 amide bonds. The number of furan rings is 2. The highest BCUT2D eigenvalue weighted by molar-refractivity contribution is 6.21. The average molecular weight is 1280 g/mol. The van der Waals surface area contributed by atoms with Crippen molar-refractivity contribution < 1.29 is 8.83 Å². The molecular weight excluding hydrogens is 1180 g/mol. The highest BCUT2D eigenvalue weighted by Crippen LogP contribution is 2.68. The number of rotatable bonds is 27. The molecule has 4 aliphatic carbocycles. The van der Waals surface area contributed by atoms with Gasteiger partial charge in [-0.1, -0.05) is 296 Å². The van der Waals surface area contributed by atoms with E-state index in [0.29, 0.717) is 0 Å². The van der Waals surface area contributed by atoms with Crippen LogP contribution in [0.5, 0.6) is 0 Å². The molecule has 0 spiro atoms. The molecule has 0 fully saturated rings. The lowest BCUT2D eigenvalue weighted by Crippen LogP contribution is -2.33. The van der Waals surface area contributed by atoms with E-state index in [1.807, 2.05) is 0 Å². The van der Waals surface area contributed by atoms with Crippen molar-refractivity contribution in [3.8, 4) is 44.5 Å². The van der Waals surface area contributed by atoms with Crippen LogP contribution in [0.4, 0.5) is 17.1 Å². The number of hydrogen-bond acceptors (Lipinski definition) is 3. The summed E-state index contributed by atoms with van der Waals surface area (Å²) in [5.41, 5.74) is 31.3. The highest BCUT2D eigenvalue weighted by atomic mass is 16.3. The molecule has 3 heteroatoms. The predicted octanol–water partition coefficient (Wildman–Crippen LogP) is 28.8. The maximum Gasteiger partial charge on any atom is 0.144 e. The largest absolute Gasteiger partial charge is 0.456 e. The molecule has 500 valence electrons. The van der Waals surface area contributed by atoms with Crippen molar-refractivity contribution in [2.24, 2.45) is 0 Å². The number of unbranched alkanes of at least 4 members (excludes halogenated alkanes) is 16. The van der Waals surface area contributed by atoms with Gasteiger partial charge in [-0.05, 0) is 187 Å². The van der Waals surface area contributed by atoms with Gasteiger partial charge in [0.1, 0.15) is 22.3 Å². The van der Waals surface area contributed by atoms with Crippen LogP contribution in [0.2, 0.25) is 0 Å². The van der Waals surface area contributed by atoms with E-state index in [4.69, 9.17) is 8.83 Å². The van der Waals surface area contributed by atoms with Crippen molar-refractivity contribution in [2.75, 3.05) is 4.90 Å². The Bertz CT molecular complexity index is 4730. The normalized spacial score (nSPS) is 15.5. The van der Waals surface area contributed by atoms with Gasteiger partial charge in [0.05, 0.1) is 0 Å². The third kappa shape index (κ3) is 10.7. The lowest BCUT2D eigenvalue weighted by Gasteiger charge is -2.40. The Morgan fingerprint density at radius 2 is 0.784 bits per heavy atom. The zero-order valence-corrected chi connectivity index (χ0v) is 60.7. The summed E-state index contributed by atoms with van der Waals surface area (Å²) >= 11 is 0. The van der Waals surface area contributed by atoms with E-state index in [9.17, 15) is 0 Å². The third-order valence-corrected chi connectivity index (χ3v) is 24.6. The molecule has 0 bridgehead atoms. The van der Waals surface area contributed by atoms with Crippen molar-refractivity contribution in [3.05, 3.63) is 208 Å². The molecule has 2 heterocycles. The monoisotopic (exact) mass is 1280 g/mol. The zero-order valence-electron chi connectivity index (χ0n) is 60.7. The Labute approximate surface area is 580 Å². The van der Waals surface area contributed by atoms with Crippen LogP contribution in [-0.4, -0.2) is 0 Å². The number of hydrogen-bond donors (Lipinski definition) is 0. The van der Waals surface area contributed by atoms with Gasteiger partial charge in [0.15, 0.2) is 0 Å². The maximum absolute atomic E-state index is 7.64. The van der Waals surface area contributed by atoms with E-state index >= 15 is 0 Å². The van der Waals surface area contributed by atoms with Gasteiger partial charge in [0, 0.05) is 65.8 Å². The van der Waals surface area contributed by atoms with Gasteiger partial charge in [-0.3, -0.25) is 0 Å². The minimum atomic E-state index is -0.282. The molecule has 9 aromatic carbocycles. The third-order valence-electron chi connectivity index (χ3n) is 24.6. The first kappa shape index (κ1) is 65.3. The van der Waals surface area contributed by atoms with Crippen LogP contribution in [0, 0.1) is 0 Å². The molecule has 0 saturated heterocycles. The summed E-state index contributed by atoms with van der Waals surface area (Å²) in [6.07, 6.45) is 30.0. The first-order valence-corrected chi connectivity index (χ1v) is 38.6. The Morgan fingerprint density at radius 1 is 0.330 bits per heavy atom. The Morgan fingerprint density at radius 3 is 1.38 bits per heavy atom. The molecule has 0 aliphatic heterocycles. The van der Waals surface area contributed by atoms with Crippen molar-refractivity contribution in [3.63, 3.8) is 0 Å². The molecular formula is C94H107NO2. The van der Waals surface area contributed by atoms with E-state index in [2.05, 4.69) is 239 Å². The minimum absolute atomic E-state index is 0.00787. The summed E-state index contributed by atoms with van der Waals surface area (Å²) in [6, 6.07) is 62.4.